The molecular weight excluding hydrogens is 240 g/mol. The fraction of sp³-hybridized carbons (Fsp3) is 0.600. The van der Waals surface area contributed by atoms with Crippen molar-refractivity contribution < 1.29 is 9.47 Å². The first kappa shape index (κ1) is 14.3. The van der Waals surface area contributed by atoms with E-state index in [1.165, 1.54) is 12.8 Å². The van der Waals surface area contributed by atoms with E-state index in [1.54, 1.807) is 7.11 Å². The standard InChI is InChI=1S/C15H24N2O2/c1-17(10-14-7-4-8-19-14)11-15(16)12-5-3-6-13(9-12)18-2/h3,5-6,9,14-15H,4,7-8,10-11,16H2,1-2H3. The van der Waals surface area contributed by atoms with Crippen molar-refractivity contribution in [3.8, 4) is 5.75 Å². The zero-order chi connectivity index (χ0) is 13.7. The number of methoxy groups -OCH3 is 1. The maximum atomic E-state index is 6.26. The normalized spacial score (nSPS) is 20.7. The van der Waals surface area contributed by atoms with Gasteiger partial charge in [0.2, 0.25) is 0 Å². The van der Waals surface area contributed by atoms with Gasteiger partial charge in [-0.2, -0.15) is 0 Å². The number of nitrogens with zero attached hydrogens (tertiary/aromatic N) is 1. The highest BCUT2D eigenvalue weighted by molar-refractivity contribution is 5.30. The number of benzene rings is 1. The van der Waals surface area contributed by atoms with Crippen molar-refractivity contribution >= 4 is 0 Å². The van der Waals surface area contributed by atoms with Crippen molar-refractivity contribution in [2.45, 2.75) is 25.0 Å². The Balaban J connectivity index is 1.86. The minimum atomic E-state index is 0.00139. The highest BCUT2D eigenvalue weighted by atomic mass is 16.5. The molecule has 1 fully saturated rings. The molecule has 0 amide bonds. The van der Waals surface area contributed by atoms with Gasteiger partial charge in [0.25, 0.3) is 0 Å². The second-order valence-electron chi connectivity index (χ2n) is 5.24. The lowest BCUT2D eigenvalue weighted by molar-refractivity contribution is 0.0796. The summed E-state index contributed by atoms with van der Waals surface area (Å²) < 4.78 is 10.9. The van der Waals surface area contributed by atoms with Gasteiger partial charge in [-0.25, -0.2) is 0 Å². The molecule has 1 saturated heterocycles. The number of likely N-dealkylation sites (N-methyl/N-ethyl adjacent to an activating group) is 1. The molecule has 0 saturated carbocycles. The summed E-state index contributed by atoms with van der Waals surface area (Å²) in [5, 5.41) is 0. The molecular formula is C15H24N2O2. The first-order valence-corrected chi connectivity index (χ1v) is 6.88. The summed E-state index contributed by atoms with van der Waals surface area (Å²) >= 11 is 0. The molecule has 0 bridgehead atoms. The van der Waals surface area contributed by atoms with Gasteiger partial charge in [-0.1, -0.05) is 12.1 Å². The van der Waals surface area contributed by atoms with Crippen LogP contribution in [0.2, 0.25) is 0 Å². The SMILES string of the molecule is COc1cccc(C(N)CN(C)CC2CCCO2)c1. The predicted molar refractivity (Wildman–Crippen MR) is 76.4 cm³/mol. The molecule has 106 valence electrons. The number of hydrogen-bond acceptors (Lipinski definition) is 4. The fourth-order valence-electron chi connectivity index (χ4n) is 2.52. The van der Waals surface area contributed by atoms with Gasteiger partial charge >= 0.3 is 0 Å². The Morgan fingerprint density at radius 3 is 3.05 bits per heavy atom. The van der Waals surface area contributed by atoms with Crippen LogP contribution in [-0.4, -0.2) is 44.9 Å². The van der Waals surface area contributed by atoms with Crippen LogP contribution in [0.25, 0.3) is 0 Å². The first-order chi connectivity index (χ1) is 9.19. The van der Waals surface area contributed by atoms with E-state index in [0.29, 0.717) is 6.10 Å². The Hall–Kier alpha value is -1.10. The van der Waals surface area contributed by atoms with E-state index in [4.69, 9.17) is 15.2 Å². The third-order valence-corrected chi connectivity index (χ3v) is 3.57. The molecule has 1 heterocycles. The van der Waals surface area contributed by atoms with Crippen LogP contribution >= 0.6 is 0 Å². The van der Waals surface area contributed by atoms with Crippen molar-refractivity contribution in [3.63, 3.8) is 0 Å². The minimum Gasteiger partial charge on any atom is -0.497 e. The Labute approximate surface area is 115 Å². The van der Waals surface area contributed by atoms with E-state index >= 15 is 0 Å². The second-order valence-corrected chi connectivity index (χ2v) is 5.24. The number of hydrogen-bond donors (Lipinski definition) is 1. The summed E-state index contributed by atoms with van der Waals surface area (Å²) in [6.45, 7) is 2.69. The van der Waals surface area contributed by atoms with Gasteiger partial charge in [0.15, 0.2) is 0 Å². The molecule has 0 aliphatic carbocycles. The van der Waals surface area contributed by atoms with Crippen molar-refractivity contribution in [2.75, 3.05) is 33.9 Å². The number of ether oxygens (including phenoxy) is 2. The monoisotopic (exact) mass is 264 g/mol. The third kappa shape index (κ3) is 4.20. The average molecular weight is 264 g/mol. The fourth-order valence-corrected chi connectivity index (χ4v) is 2.52. The van der Waals surface area contributed by atoms with Crippen LogP contribution in [0, 0.1) is 0 Å². The van der Waals surface area contributed by atoms with Crippen LogP contribution in [0.5, 0.6) is 5.75 Å². The summed E-state index contributed by atoms with van der Waals surface area (Å²) in [6, 6.07) is 7.97. The molecule has 1 aliphatic rings. The van der Waals surface area contributed by atoms with Crippen LogP contribution in [0.4, 0.5) is 0 Å². The van der Waals surface area contributed by atoms with Gasteiger partial charge in [-0.3, -0.25) is 0 Å². The molecule has 2 unspecified atom stereocenters. The van der Waals surface area contributed by atoms with Crippen molar-refractivity contribution in [2.24, 2.45) is 5.73 Å². The summed E-state index contributed by atoms with van der Waals surface area (Å²) in [6.07, 6.45) is 2.72. The molecule has 1 aromatic carbocycles. The molecule has 1 aliphatic heterocycles. The zero-order valence-electron chi connectivity index (χ0n) is 11.8. The molecule has 0 spiro atoms. The number of nitrogens with two attached hydrogens (primary N) is 1. The summed E-state index contributed by atoms with van der Waals surface area (Å²) in [5.41, 5.74) is 7.37. The minimum absolute atomic E-state index is 0.00139. The Bertz CT molecular complexity index is 391. The van der Waals surface area contributed by atoms with Gasteiger partial charge in [0, 0.05) is 25.7 Å². The lowest BCUT2D eigenvalue weighted by atomic mass is 10.1. The highest BCUT2D eigenvalue weighted by Crippen LogP contribution is 2.19. The van der Waals surface area contributed by atoms with Crippen LogP contribution in [0.15, 0.2) is 24.3 Å². The van der Waals surface area contributed by atoms with Crippen LogP contribution in [0.3, 0.4) is 0 Å². The largest absolute Gasteiger partial charge is 0.497 e. The Morgan fingerprint density at radius 1 is 1.53 bits per heavy atom. The van der Waals surface area contributed by atoms with Gasteiger partial charge in [0.1, 0.15) is 5.75 Å². The summed E-state index contributed by atoms with van der Waals surface area (Å²) in [5.74, 6) is 0.856. The van der Waals surface area contributed by atoms with Gasteiger partial charge in [0.05, 0.1) is 13.2 Å². The van der Waals surface area contributed by atoms with Crippen molar-refractivity contribution in [1.29, 1.82) is 0 Å². The molecule has 2 atom stereocenters. The lowest BCUT2D eigenvalue weighted by Gasteiger charge is -2.24. The van der Waals surface area contributed by atoms with E-state index in [2.05, 4.69) is 11.9 Å². The molecule has 0 radical (unpaired) electrons. The molecule has 1 aromatic rings. The van der Waals surface area contributed by atoms with E-state index in [-0.39, 0.29) is 6.04 Å². The van der Waals surface area contributed by atoms with Gasteiger partial charge in [-0.05, 0) is 37.6 Å². The maximum absolute atomic E-state index is 6.26. The summed E-state index contributed by atoms with van der Waals surface area (Å²) in [4.78, 5) is 2.25. The van der Waals surface area contributed by atoms with Crippen LogP contribution in [0.1, 0.15) is 24.4 Å². The van der Waals surface area contributed by atoms with E-state index < -0.39 is 0 Å². The topological polar surface area (TPSA) is 47.7 Å². The Kier molecular flexibility index (Phi) is 5.19. The highest BCUT2D eigenvalue weighted by Gasteiger charge is 2.18. The third-order valence-electron chi connectivity index (χ3n) is 3.57. The first-order valence-electron chi connectivity index (χ1n) is 6.88. The zero-order valence-corrected chi connectivity index (χ0v) is 11.8. The number of rotatable bonds is 6. The predicted octanol–water partition coefficient (Wildman–Crippen LogP) is 1.81. The lowest BCUT2D eigenvalue weighted by Crippen LogP contribution is -2.34. The van der Waals surface area contributed by atoms with Crippen LogP contribution in [-0.2, 0) is 4.74 Å². The van der Waals surface area contributed by atoms with E-state index in [9.17, 15) is 0 Å². The molecule has 0 aromatic heterocycles. The molecule has 19 heavy (non-hydrogen) atoms. The summed E-state index contributed by atoms with van der Waals surface area (Å²) in [7, 11) is 3.77. The van der Waals surface area contributed by atoms with Crippen molar-refractivity contribution in [3.05, 3.63) is 29.8 Å². The maximum Gasteiger partial charge on any atom is 0.119 e. The van der Waals surface area contributed by atoms with Gasteiger partial charge < -0.3 is 20.1 Å². The quantitative estimate of drug-likeness (QED) is 0.851. The van der Waals surface area contributed by atoms with E-state index in [0.717, 1.165) is 31.0 Å². The smallest absolute Gasteiger partial charge is 0.119 e. The van der Waals surface area contributed by atoms with Crippen molar-refractivity contribution in [1.82, 2.24) is 4.90 Å². The van der Waals surface area contributed by atoms with E-state index in [1.807, 2.05) is 24.3 Å². The molecule has 4 heteroatoms. The average Bonchev–Trinajstić information content (AvgIpc) is 2.91. The van der Waals surface area contributed by atoms with Gasteiger partial charge in [-0.15, -0.1) is 0 Å². The molecule has 2 N–H and O–H groups in total. The van der Waals surface area contributed by atoms with Crippen LogP contribution < -0.4 is 10.5 Å². The molecule has 4 nitrogen and oxygen atoms in total. The Morgan fingerprint density at radius 2 is 2.37 bits per heavy atom. The molecule has 2 rings (SSSR count). The second kappa shape index (κ2) is 6.89.